The predicted molar refractivity (Wildman–Crippen MR) is 67.6 cm³/mol. The highest BCUT2D eigenvalue weighted by Gasteiger charge is 2.31. The van der Waals surface area contributed by atoms with E-state index in [2.05, 4.69) is 5.32 Å². The molecule has 1 fully saturated rings. The van der Waals surface area contributed by atoms with Crippen LogP contribution >= 0.6 is 0 Å². The first-order chi connectivity index (χ1) is 7.97. The number of nitrogens with one attached hydrogen (secondary N) is 1. The number of carbonyl (C=O) groups is 1. The molecule has 0 unspecified atom stereocenters. The minimum Gasteiger partial charge on any atom is -0.344 e. The van der Waals surface area contributed by atoms with Gasteiger partial charge in [0.05, 0.1) is 5.25 Å². The van der Waals surface area contributed by atoms with E-state index < -0.39 is 9.84 Å². The number of likely N-dealkylation sites (N-methyl/N-ethyl adjacent to an activating group) is 2. The van der Waals surface area contributed by atoms with Gasteiger partial charge in [-0.3, -0.25) is 4.79 Å². The van der Waals surface area contributed by atoms with Crippen LogP contribution in [0.5, 0.6) is 0 Å². The average molecular weight is 262 g/mol. The van der Waals surface area contributed by atoms with Gasteiger partial charge in [-0.15, -0.1) is 0 Å². The lowest BCUT2D eigenvalue weighted by molar-refractivity contribution is -0.127. The third-order valence-corrected chi connectivity index (χ3v) is 5.39. The molecular weight excluding hydrogens is 240 g/mol. The molecule has 1 aliphatic carbocycles. The number of carbonyl (C=O) groups excluding carboxylic acids is 1. The summed E-state index contributed by atoms with van der Waals surface area (Å²) in [5.74, 6) is -0.634. The predicted octanol–water partition coefficient (Wildman–Crippen LogP) is 0.0216. The Bertz CT molecular complexity index is 348. The Morgan fingerprint density at radius 3 is 2.47 bits per heavy atom. The third-order valence-electron chi connectivity index (χ3n) is 3.26. The molecule has 1 aliphatic rings. The van der Waals surface area contributed by atoms with Gasteiger partial charge < -0.3 is 10.2 Å². The molecule has 0 aromatic heterocycles. The van der Waals surface area contributed by atoms with Crippen LogP contribution in [0.3, 0.4) is 0 Å². The standard InChI is InChI=1S/C11H22N2O3S/c1-12-7-8-13(2)11(14)9-17(15,16)10-5-3-4-6-10/h10,12H,3-9H2,1-2H3. The SMILES string of the molecule is CNCCN(C)C(=O)CS(=O)(=O)C1CCCC1. The van der Waals surface area contributed by atoms with Crippen LogP contribution in [0.25, 0.3) is 0 Å². The molecule has 0 bridgehead atoms. The maximum atomic E-state index is 12.0. The third kappa shape index (κ3) is 4.27. The van der Waals surface area contributed by atoms with Crippen LogP contribution in [-0.2, 0) is 14.6 Å². The Morgan fingerprint density at radius 2 is 1.94 bits per heavy atom. The smallest absolute Gasteiger partial charge is 0.237 e. The van der Waals surface area contributed by atoms with E-state index in [1.54, 1.807) is 14.1 Å². The van der Waals surface area contributed by atoms with Crippen molar-refractivity contribution >= 4 is 15.7 Å². The number of hydrogen-bond donors (Lipinski definition) is 1. The highest BCUT2D eigenvalue weighted by Crippen LogP contribution is 2.25. The Morgan fingerprint density at radius 1 is 1.35 bits per heavy atom. The van der Waals surface area contributed by atoms with Gasteiger partial charge in [0.2, 0.25) is 5.91 Å². The first-order valence-electron chi connectivity index (χ1n) is 6.07. The second-order valence-corrected chi connectivity index (χ2v) is 6.91. The van der Waals surface area contributed by atoms with Crippen LogP contribution < -0.4 is 5.32 Å². The molecule has 1 N–H and O–H groups in total. The summed E-state index contributed by atoms with van der Waals surface area (Å²) < 4.78 is 23.9. The largest absolute Gasteiger partial charge is 0.344 e. The topological polar surface area (TPSA) is 66.5 Å². The van der Waals surface area contributed by atoms with E-state index in [-0.39, 0.29) is 16.9 Å². The van der Waals surface area contributed by atoms with E-state index in [4.69, 9.17) is 0 Å². The van der Waals surface area contributed by atoms with E-state index in [1.807, 2.05) is 0 Å². The van der Waals surface area contributed by atoms with E-state index in [9.17, 15) is 13.2 Å². The summed E-state index contributed by atoms with van der Waals surface area (Å²) >= 11 is 0. The summed E-state index contributed by atoms with van der Waals surface area (Å²) in [7, 11) is 0.201. The Hall–Kier alpha value is -0.620. The van der Waals surface area contributed by atoms with Crippen molar-refractivity contribution < 1.29 is 13.2 Å². The highest BCUT2D eigenvalue weighted by molar-refractivity contribution is 7.92. The molecule has 0 heterocycles. The Labute approximate surface area is 103 Å². The molecule has 0 spiro atoms. The minimum absolute atomic E-state index is 0.288. The monoisotopic (exact) mass is 262 g/mol. The van der Waals surface area contributed by atoms with Crippen molar-refractivity contribution in [2.24, 2.45) is 0 Å². The summed E-state index contributed by atoms with van der Waals surface area (Å²) in [5, 5.41) is 2.64. The zero-order chi connectivity index (χ0) is 12.9. The molecule has 1 amide bonds. The van der Waals surface area contributed by atoms with E-state index >= 15 is 0 Å². The summed E-state index contributed by atoms with van der Waals surface area (Å²) in [6.07, 6.45) is 3.37. The average Bonchev–Trinajstić information content (AvgIpc) is 2.79. The fourth-order valence-corrected chi connectivity index (χ4v) is 3.90. The Balaban J connectivity index is 2.49. The molecule has 5 nitrogen and oxygen atoms in total. The lowest BCUT2D eigenvalue weighted by atomic mass is 10.4. The molecule has 0 saturated heterocycles. The molecule has 1 saturated carbocycles. The molecule has 0 radical (unpaired) electrons. The minimum atomic E-state index is -3.24. The normalized spacial score (nSPS) is 17.3. The number of nitrogens with zero attached hydrogens (tertiary/aromatic N) is 1. The first-order valence-corrected chi connectivity index (χ1v) is 7.79. The van der Waals surface area contributed by atoms with Gasteiger partial charge in [0.25, 0.3) is 0 Å². The van der Waals surface area contributed by atoms with Crippen LogP contribution in [0.1, 0.15) is 25.7 Å². The molecule has 17 heavy (non-hydrogen) atoms. The molecule has 0 aliphatic heterocycles. The summed E-state index contributed by atoms with van der Waals surface area (Å²) in [4.78, 5) is 13.2. The summed E-state index contributed by atoms with van der Waals surface area (Å²) in [5.41, 5.74) is 0. The molecule has 0 aromatic rings. The van der Waals surface area contributed by atoms with Crippen LogP contribution in [0.15, 0.2) is 0 Å². The van der Waals surface area contributed by atoms with Gasteiger partial charge in [-0.25, -0.2) is 8.42 Å². The van der Waals surface area contributed by atoms with Gasteiger partial charge in [-0.2, -0.15) is 0 Å². The fourth-order valence-electron chi connectivity index (χ4n) is 2.05. The van der Waals surface area contributed by atoms with Crippen LogP contribution in [0, 0.1) is 0 Å². The number of amides is 1. The summed E-state index contributed by atoms with van der Waals surface area (Å²) in [6.45, 7) is 1.21. The molecular formula is C11H22N2O3S. The number of sulfone groups is 1. The molecule has 1 rings (SSSR count). The van der Waals surface area contributed by atoms with Crippen molar-refractivity contribution in [2.75, 3.05) is 32.9 Å². The van der Waals surface area contributed by atoms with Gasteiger partial charge in [0.15, 0.2) is 9.84 Å². The second kappa shape index (κ2) is 6.35. The molecule has 100 valence electrons. The Kier molecular flexibility index (Phi) is 5.39. The lowest BCUT2D eigenvalue weighted by Crippen LogP contribution is -2.38. The van der Waals surface area contributed by atoms with Gasteiger partial charge >= 0.3 is 0 Å². The maximum absolute atomic E-state index is 12.0. The van der Waals surface area contributed by atoms with Gasteiger partial charge in [0, 0.05) is 20.1 Å². The molecule has 0 aromatic carbocycles. The van der Waals surface area contributed by atoms with E-state index in [1.165, 1.54) is 4.90 Å². The summed E-state index contributed by atoms with van der Waals surface area (Å²) in [6, 6.07) is 0. The quantitative estimate of drug-likeness (QED) is 0.733. The van der Waals surface area contributed by atoms with E-state index in [0.29, 0.717) is 13.1 Å². The molecule has 6 heteroatoms. The number of rotatable bonds is 6. The maximum Gasteiger partial charge on any atom is 0.237 e. The second-order valence-electron chi connectivity index (χ2n) is 4.63. The van der Waals surface area contributed by atoms with Gasteiger partial charge in [0.1, 0.15) is 5.75 Å². The highest BCUT2D eigenvalue weighted by atomic mass is 32.2. The lowest BCUT2D eigenvalue weighted by Gasteiger charge is -2.18. The van der Waals surface area contributed by atoms with Crippen molar-refractivity contribution in [2.45, 2.75) is 30.9 Å². The fraction of sp³-hybridized carbons (Fsp3) is 0.909. The first kappa shape index (κ1) is 14.4. The van der Waals surface area contributed by atoms with Crippen molar-refractivity contribution in [1.29, 1.82) is 0 Å². The number of hydrogen-bond acceptors (Lipinski definition) is 4. The van der Waals surface area contributed by atoms with Crippen molar-refractivity contribution in [3.05, 3.63) is 0 Å². The van der Waals surface area contributed by atoms with Crippen LogP contribution in [0.4, 0.5) is 0 Å². The van der Waals surface area contributed by atoms with Crippen molar-refractivity contribution in [1.82, 2.24) is 10.2 Å². The van der Waals surface area contributed by atoms with Gasteiger partial charge in [-0.05, 0) is 19.9 Å². The molecule has 0 atom stereocenters. The van der Waals surface area contributed by atoms with Crippen molar-refractivity contribution in [3.8, 4) is 0 Å². The van der Waals surface area contributed by atoms with Crippen molar-refractivity contribution in [3.63, 3.8) is 0 Å². The van der Waals surface area contributed by atoms with E-state index in [0.717, 1.165) is 25.7 Å². The zero-order valence-corrected chi connectivity index (χ0v) is 11.4. The van der Waals surface area contributed by atoms with Crippen LogP contribution in [0.2, 0.25) is 0 Å². The van der Waals surface area contributed by atoms with Crippen LogP contribution in [-0.4, -0.2) is 57.4 Å². The zero-order valence-electron chi connectivity index (χ0n) is 10.6. The van der Waals surface area contributed by atoms with Gasteiger partial charge in [-0.1, -0.05) is 12.8 Å².